The van der Waals surface area contributed by atoms with E-state index in [0.29, 0.717) is 12.8 Å². The van der Waals surface area contributed by atoms with Gasteiger partial charge in [-0.1, -0.05) is 36.5 Å². The molecule has 0 saturated carbocycles. The summed E-state index contributed by atoms with van der Waals surface area (Å²) >= 11 is 0. The van der Waals surface area contributed by atoms with Gasteiger partial charge in [0.2, 0.25) is 0 Å². The third kappa shape index (κ3) is 8.88. The first-order valence-electron chi connectivity index (χ1n) is 4.88. The molecule has 0 saturated heterocycles. The van der Waals surface area contributed by atoms with E-state index in [1.807, 2.05) is 6.08 Å². The fourth-order valence-electron chi connectivity index (χ4n) is 0.846. The number of hydrogen-bond acceptors (Lipinski definition) is 1. The summed E-state index contributed by atoms with van der Waals surface area (Å²) in [5, 5.41) is 0. The average molecular weight is 208 g/mol. The Kier molecular flexibility index (Phi) is 7.16. The monoisotopic (exact) mass is 208 g/mol. The van der Waals surface area contributed by atoms with E-state index in [1.165, 1.54) is 12.2 Å². The maximum Gasteiger partial charge on any atom is 0.133 e. The zero-order valence-corrected chi connectivity index (χ0v) is 9.29. The third-order valence-electron chi connectivity index (χ3n) is 1.71. The first-order chi connectivity index (χ1) is 7.06. The predicted molar refractivity (Wildman–Crippen MR) is 62.2 cm³/mol. The minimum atomic E-state index is -0.274. The third-order valence-corrected chi connectivity index (χ3v) is 1.71. The smallest absolute Gasteiger partial charge is 0.133 e. The molecule has 0 heterocycles. The van der Waals surface area contributed by atoms with E-state index in [9.17, 15) is 9.18 Å². The lowest BCUT2D eigenvalue weighted by atomic mass is 10.1. The molecule has 82 valence electrons. The van der Waals surface area contributed by atoms with Crippen molar-refractivity contribution in [2.75, 3.05) is 0 Å². The van der Waals surface area contributed by atoms with Crippen molar-refractivity contribution in [3.05, 3.63) is 48.4 Å². The van der Waals surface area contributed by atoms with Crippen molar-refractivity contribution in [1.82, 2.24) is 0 Å². The highest BCUT2D eigenvalue weighted by Gasteiger charge is 1.88. The maximum atomic E-state index is 12.7. The molecule has 15 heavy (non-hydrogen) atoms. The van der Waals surface area contributed by atoms with Gasteiger partial charge in [0.1, 0.15) is 11.6 Å². The van der Waals surface area contributed by atoms with Crippen molar-refractivity contribution in [2.24, 2.45) is 0 Å². The molecule has 0 atom stereocenters. The molecule has 0 aliphatic rings. The minimum Gasteiger partial charge on any atom is -0.300 e. The molecule has 0 aliphatic carbocycles. The number of hydrogen-bond donors (Lipinski definition) is 0. The van der Waals surface area contributed by atoms with E-state index in [4.69, 9.17) is 0 Å². The lowest BCUT2D eigenvalue weighted by Gasteiger charge is -1.92. The molecule has 0 aromatic heterocycles. The standard InChI is InChI=1S/C13H17FO/c1-4-13(14)10-9-11(2)7-5-6-8-12(3)15/h4-6,9-10H,2,7-8H2,1,3H3/b6-5+,10-9?,13-4?. The van der Waals surface area contributed by atoms with Crippen LogP contribution in [-0.2, 0) is 4.79 Å². The fourth-order valence-corrected chi connectivity index (χ4v) is 0.846. The van der Waals surface area contributed by atoms with E-state index >= 15 is 0 Å². The Balaban J connectivity index is 3.90. The number of ketones is 1. The normalized spacial score (nSPS) is 12.6. The van der Waals surface area contributed by atoms with Gasteiger partial charge < -0.3 is 0 Å². The van der Waals surface area contributed by atoms with Gasteiger partial charge in [0.15, 0.2) is 0 Å². The summed E-state index contributed by atoms with van der Waals surface area (Å²) in [5.74, 6) is -0.142. The highest BCUT2D eigenvalue weighted by Crippen LogP contribution is 2.05. The molecule has 0 rings (SSSR count). The Labute approximate surface area is 90.7 Å². The van der Waals surface area contributed by atoms with Gasteiger partial charge in [0, 0.05) is 6.42 Å². The van der Waals surface area contributed by atoms with Crippen molar-refractivity contribution in [3.63, 3.8) is 0 Å². The summed E-state index contributed by atoms with van der Waals surface area (Å²) < 4.78 is 12.7. The van der Waals surface area contributed by atoms with E-state index in [-0.39, 0.29) is 11.6 Å². The first-order valence-corrected chi connectivity index (χ1v) is 4.88. The van der Waals surface area contributed by atoms with Crippen LogP contribution in [0.15, 0.2) is 48.4 Å². The van der Waals surface area contributed by atoms with Gasteiger partial charge in [-0.25, -0.2) is 4.39 Å². The van der Waals surface area contributed by atoms with Crippen LogP contribution < -0.4 is 0 Å². The molecule has 0 aromatic carbocycles. The summed E-state index contributed by atoms with van der Waals surface area (Å²) in [6.07, 6.45) is 9.14. The van der Waals surface area contributed by atoms with Crippen molar-refractivity contribution in [3.8, 4) is 0 Å². The molecule has 0 unspecified atom stereocenters. The van der Waals surface area contributed by atoms with Gasteiger partial charge in [-0.3, -0.25) is 4.79 Å². The van der Waals surface area contributed by atoms with Gasteiger partial charge in [-0.05, 0) is 26.3 Å². The van der Waals surface area contributed by atoms with Crippen LogP contribution in [0.2, 0.25) is 0 Å². The van der Waals surface area contributed by atoms with E-state index in [1.54, 1.807) is 26.0 Å². The summed E-state index contributed by atoms with van der Waals surface area (Å²) in [7, 11) is 0. The van der Waals surface area contributed by atoms with Crippen LogP contribution in [0.25, 0.3) is 0 Å². The number of carbonyl (C=O) groups excluding carboxylic acids is 1. The number of Topliss-reactive ketones (excluding diaryl/α,β-unsaturated/α-hetero) is 1. The molecule has 1 nitrogen and oxygen atoms in total. The van der Waals surface area contributed by atoms with E-state index in [2.05, 4.69) is 6.58 Å². The molecule has 0 amide bonds. The van der Waals surface area contributed by atoms with Crippen LogP contribution in [0.4, 0.5) is 4.39 Å². The van der Waals surface area contributed by atoms with Gasteiger partial charge in [-0.15, -0.1) is 0 Å². The van der Waals surface area contributed by atoms with Crippen LogP contribution in [0.3, 0.4) is 0 Å². The summed E-state index contributed by atoms with van der Waals surface area (Å²) in [6, 6.07) is 0. The Morgan fingerprint density at radius 2 is 1.87 bits per heavy atom. The Morgan fingerprint density at radius 1 is 1.27 bits per heavy atom. The summed E-state index contributed by atoms with van der Waals surface area (Å²) in [6.45, 7) is 6.94. The van der Waals surface area contributed by atoms with Gasteiger partial charge in [0.25, 0.3) is 0 Å². The number of halogens is 1. The zero-order chi connectivity index (χ0) is 11.7. The molecule has 2 heteroatoms. The Hall–Kier alpha value is -1.44. The van der Waals surface area contributed by atoms with Crippen LogP contribution in [0.1, 0.15) is 26.7 Å². The Bertz CT molecular complexity index is 308. The molecule has 0 spiro atoms. The minimum absolute atomic E-state index is 0.132. The number of carbonyl (C=O) groups is 1. The van der Waals surface area contributed by atoms with Gasteiger partial charge in [0.05, 0.1) is 0 Å². The van der Waals surface area contributed by atoms with Crippen LogP contribution in [0.5, 0.6) is 0 Å². The van der Waals surface area contributed by atoms with Crippen LogP contribution in [0, 0.1) is 0 Å². The molecule has 0 fully saturated rings. The predicted octanol–water partition coefficient (Wildman–Crippen LogP) is 3.90. The van der Waals surface area contributed by atoms with Crippen molar-refractivity contribution >= 4 is 5.78 Å². The topological polar surface area (TPSA) is 17.1 Å². The molecule has 0 aliphatic heterocycles. The summed E-state index contributed by atoms with van der Waals surface area (Å²) in [5.41, 5.74) is 0.812. The largest absolute Gasteiger partial charge is 0.300 e. The van der Waals surface area contributed by atoms with Crippen molar-refractivity contribution in [2.45, 2.75) is 26.7 Å². The van der Waals surface area contributed by atoms with Gasteiger partial charge >= 0.3 is 0 Å². The van der Waals surface area contributed by atoms with E-state index < -0.39 is 0 Å². The van der Waals surface area contributed by atoms with Crippen LogP contribution >= 0.6 is 0 Å². The highest BCUT2D eigenvalue weighted by atomic mass is 19.1. The quantitative estimate of drug-likeness (QED) is 0.478. The second kappa shape index (κ2) is 7.92. The second-order valence-electron chi connectivity index (χ2n) is 3.25. The van der Waals surface area contributed by atoms with Crippen molar-refractivity contribution < 1.29 is 9.18 Å². The molecule has 0 aromatic rings. The van der Waals surface area contributed by atoms with Crippen LogP contribution in [-0.4, -0.2) is 5.78 Å². The molecule has 0 radical (unpaired) electrons. The highest BCUT2D eigenvalue weighted by molar-refractivity contribution is 5.76. The summed E-state index contributed by atoms with van der Waals surface area (Å²) in [4.78, 5) is 10.6. The molecular weight excluding hydrogens is 191 g/mol. The van der Waals surface area contributed by atoms with Gasteiger partial charge in [-0.2, -0.15) is 0 Å². The lowest BCUT2D eigenvalue weighted by molar-refractivity contribution is -0.116. The zero-order valence-electron chi connectivity index (χ0n) is 9.29. The maximum absolute atomic E-state index is 12.7. The number of rotatable bonds is 6. The average Bonchev–Trinajstić information content (AvgIpc) is 2.20. The lowest BCUT2D eigenvalue weighted by Crippen LogP contribution is -1.84. The van der Waals surface area contributed by atoms with E-state index in [0.717, 1.165) is 5.57 Å². The number of allylic oxidation sites excluding steroid dienone is 7. The fraction of sp³-hybridized carbons (Fsp3) is 0.308. The second-order valence-corrected chi connectivity index (χ2v) is 3.25. The first kappa shape index (κ1) is 13.6. The Morgan fingerprint density at radius 3 is 2.40 bits per heavy atom. The van der Waals surface area contributed by atoms with Crippen molar-refractivity contribution in [1.29, 1.82) is 0 Å². The molecule has 0 bridgehead atoms. The molecular formula is C13H17FO. The molecule has 0 N–H and O–H groups in total. The SMILES string of the molecule is C=C(C=CC(F)=CC)C/C=C/CC(C)=O.